The average Bonchev–Trinajstić information content (AvgIpc) is 2.65. The Hall–Kier alpha value is -2.86. The van der Waals surface area contributed by atoms with Gasteiger partial charge in [-0.2, -0.15) is 0 Å². The molecule has 2 N–H and O–H groups in total. The summed E-state index contributed by atoms with van der Waals surface area (Å²) in [6.45, 7) is 5.44. The second-order valence-electron chi connectivity index (χ2n) is 7.88. The molecule has 0 aliphatic heterocycles. The summed E-state index contributed by atoms with van der Waals surface area (Å²) in [5.74, 6) is -0.409. The zero-order valence-electron chi connectivity index (χ0n) is 17.2. The largest absolute Gasteiger partial charge is 0.461 e. The number of amides is 1. The van der Waals surface area contributed by atoms with Gasteiger partial charge < -0.3 is 19.9 Å². The minimum absolute atomic E-state index is 0.00935. The number of alkyl carbamates (subject to hydrolysis) is 1. The number of hydrogen-bond donors (Lipinski definition) is 2. The van der Waals surface area contributed by atoms with Gasteiger partial charge in [0, 0.05) is 6.04 Å². The molecule has 0 saturated carbocycles. The van der Waals surface area contributed by atoms with Gasteiger partial charge in [-0.25, -0.2) is 4.79 Å². The number of carbonyl (C=O) groups excluding carboxylic acids is 2. The fourth-order valence-electron chi connectivity index (χ4n) is 2.79. The molecule has 6 heteroatoms. The number of ether oxygens (including phenoxy) is 2. The summed E-state index contributed by atoms with van der Waals surface area (Å²) >= 11 is 0. The molecule has 2 aromatic carbocycles. The molecule has 0 radical (unpaired) electrons. The highest BCUT2D eigenvalue weighted by Gasteiger charge is 2.22. The number of aliphatic hydroxyl groups is 1. The van der Waals surface area contributed by atoms with Gasteiger partial charge in [0.25, 0.3) is 0 Å². The normalized spacial score (nSPS) is 12.1. The Bertz CT molecular complexity index is 798. The first-order chi connectivity index (χ1) is 13.7. The quantitative estimate of drug-likeness (QED) is 0.661. The third-order valence-corrected chi connectivity index (χ3v) is 4.03. The van der Waals surface area contributed by atoms with Crippen molar-refractivity contribution in [3.8, 4) is 0 Å². The predicted octanol–water partition coefficient (Wildman–Crippen LogP) is 3.75. The first kappa shape index (κ1) is 22.4. The van der Waals surface area contributed by atoms with Crippen LogP contribution in [0, 0.1) is 0 Å². The van der Waals surface area contributed by atoms with Crippen molar-refractivity contribution in [3.63, 3.8) is 0 Å². The molecule has 0 aliphatic carbocycles. The van der Waals surface area contributed by atoms with E-state index >= 15 is 0 Å². The lowest BCUT2D eigenvalue weighted by Crippen LogP contribution is -2.41. The molecule has 6 nitrogen and oxygen atoms in total. The number of nitrogens with one attached hydrogen (secondary N) is 1. The second kappa shape index (κ2) is 10.6. The summed E-state index contributed by atoms with van der Waals surface area (Å²) in [6, 6.07) is 16.3. The maximum absolute atomic E-state index is 12.4. The van der Waals surface area contributed by atoms with Crippen molar-refractivity contribution < 1.29 is 24.2 Å². The maximum atomic E-state index is 12.4. The maximum Gasteiger partial charge on any atom is 0.407 e. The average molecular weight is 399 g/mol. The molecule has 0 spiro atoms. The van der Waals surface area contributed by atoms with E-state index in [4.69, 9.17) is 9.47 Å². The molecule has 0 aliphatic rings. The summed E-state index contributed by atoms with van der Waals surface area (Å²) in [7, 11) is 0. The third-order valence-electron chi connectivity index (χ3n) is 4.03. The second-order valence-corrected chi connectivity index (χ2v) is 7.88. The Morgan fingerprint density at radius 2 is 1.66 bits per heavy atom. The van der Waals surface area contributed by atoms with Crippen LogP contribution in [-0.4, -0.2) is 28.8 Å². The zero-order valence-corrected chi connectivity index (χ0v) is 17.2. The SMILES string of the molecule is CC(C)(C)OC(=O)N[C@@H](CC(=O)OCc1ccccc1)Cc1cccc(CO)c1. The number of benzene rings is 2. The van der Waals surface area contributed by atoms with Gasteiger partial charge in [0.1, 0.15) is 12.2 Å². The van der Waals surface area contributed by atoms with Crippen LogP contribution in [0.25, 0.3) is 0 Å². The van der Waals surface area contributed by atoms with Gasteiger partial charge in [0.15, 0.2) is 0 Å². The molecule has 0 unspecified atom stereocenters. The molecule has 2 rings (SSSR count). The van der Waals surface area contributed by atoms with E-state index in [0.717, 1.165) is 16.7 Å². The molecule has 2 aromatic rings. The molecule has 1 amide bonds. The van der Waals surface area contributed by atoms with Gasteiger partial charge in [0.2, 0.25) is 0 Å². The van der Waals surface area contributed by atoms with Crippen molar-refractivity contribution in [2.24, 2.45) is 0 Å². The van der Waals surface area contributed by atoms with Gasteiger partial charge in [-0.3, -0.25) is 4.79 Å². The van der Waals surface area contributed by atoms with Crippen LogP contribution in [0.15, 0.2) is 54.6 Å². The van der Waals surface area contributed by atoms with Crippen LogP contribution < -0.4 is 5.32 Å². The van der Waals surface area contributed by atoms with Crippen LogP contribution in [0.2, 0.25) is 0 Å². The fraction of sp³-hybridized carbons (Fsp3) is 0.391. The first-order valence-electron chi connectivity index (χ1n) is 9.63. The van der Waals surface area contributed by atoms with Gasteiger partial charge in [0.05, 0.1) is 13.0 Å². The Morgan fingerprint density at radius 3 is 2.31 bits per heavy atom. The van der Waals surface area contributed by atoms with E-state index in [2.05, 4.69) is 5.32 Å². The van der Waals surface area contributed by atoms with E-state index in [0.29, 0.717) is 6.42 Å². The zero-order chi connectivity index (χ0) is 21.3. The van der Waals surface area contributed by atoms with Crippen molar-refractivity contribution in [2.45, 2.75) is 58.5 Å². The molecule has 0 saturated heterocycles. The Morgan fingerprint density at radius 1 is 1.00 bits per heavy atom. The Labute approximate surface area is 171 Å². The van der Waals surface area contributed by atoms with E-state index in [1.165, 1.54) is 0 Å². The van der Waals surface area contributed by atoms with E-state index in [9.17, 15) is 14.7 Å². The van der Waals surface area contributed by atoms with Crippen LogP contribution in [0.5, 0.6) is 0 Å². The van der Waals surface area contributed by atoms with Gasteiger partial charge >= 0.3 is 12.1 Å². The van der Waals surface area contributed by atoms with Crippen LogP contribution in [0.4, 0.5) is 4.79 Å². The Kier molecular flexibility index (Phi) is 8.21. The van der Waals surface area contributed by atoms with E-state index in [1.807, 2.05) is 54.6 Å². The summed E-state index contributed by atoms with van der Waals surface area (Å²) in [5.41, 5.74) is 1.92. The third kappa shape index (κ3) is 8.79. The first-order valence-corrected chi connectivity index (χ1v) is 9.63. The fourth-order valence-corrected chi connectivity index (χ4v) is 2.79. The van der Waals surface area contributed by atoms with Crippen LogP contribution in [0.1, 0.15) is 43.9 Å². The topological polar surface area (TPSA) is 84.9 Å². The summed E-state index contributed by atoms with van der Waals surface area (Å²) in [6.07, 6.45) is -0.167. The van der Waals surface area contributed by atoms with E-state index < -0.39 is 23.7 Å². The van der Waals surface area contributed by atoms with Crippen molar-refractivity contribution in [1.29, 1.82) is 0 Å². The van der Waals surface area contributed by atoms with Gasteiger partial charge in [-0.15, -0.1) is 0 Å². The minimum atomic E-state index is -0.640. The lowest BCUT2D eigenvalue weighted by Gasteiger charge is -2.23. The number of carbonyl (C=O) groups is 2. The van der Waals surface area contributed by atoms with Gasteiger partial charge in [-0.1, -0.05) is 54.6 Å². The van der Waals surface area contributed by atoms with Crippen molar-refractivity contribution in [3.05, 3.63) is 71.3 Å². The summed E-state index contributed by atoms with van der Waals surface area (Å²) in [4.78, 5) is 24.6. The number of aliphatic hydroxyl groups excluding tert-OH is 1. The number of rotatable bonds is 8. The van der Waals surface area contributed by atoms with Crippen molar-refractivity contribution in [2.75, 3.05) is 0 Å². The highest BCUT2D eigenvalue weighted by Crippen LogP contribution is 2.13. The highest BCUT2D eigenvalue weighted by molar-refractivity contribution is 5.73. The van der Waals surface area contributed by atoms with Crippen molar-refractivity contribution >= 4 is 12.1 Å². The standard InChI is InChI=1S/C23H29NO5/c1-23(2,3)29-22(27)24-20(13-18-10-7-11-19(12-18)15-25)14-21(26)28-16-17-8-5-4-6-9-17/h4-12,20,25H,13-16H2,1-3H3,(H,24,27)/t20-/m1/s1. The molecule has 0 fully saturated rings. The molecular formula is C23H29NO5. The number of hydrogen-bond acceptors (Lipinski definition) is 5. The van der Waals surface area contributed by atoms with Crippen LogP contribution in [-0.2, 0) is 33.9 Å². The molecule has 0 heterocycles. The number of esters is 1. The lowest BCUT2D eigenvalue weighted by atomic mass is 10.0. The molecule has 29 heavy (non-hydrogen) atoms. The minimum Gasteiger partial charge on any atom is -0.461 e. The molecule has 156 valence electrons. The predicted molar refractivity (Wildman–Crippen MR) is 110 cm³/mol. The summed E-state index contributed by atoms with van der Waals surface area (Å²) in [5, 5.41) is 12.1. The van der Waals surface area contributed by atoms with E-state index in [1.54, 1.807) is 20.8 Å². The monoisotopic (exact) mass is 399 g/mol. The highest BCUT2D eigenvalue weighted by atomic mass is 16.6. The molecule has 0 aromatic heterocycles. The smallest absolute Gasteiger partial charge is 0.407 e. The van der Waals surface area contributed by atoms with Crippen LogP contribution >= 0.6 is 0 Å². The molecule has 0 bridgehead atoms. The lowest BCUT2D eigenvalue weighted by molar-refractivity contribution is -0.145. The Balaban J connectivity index is 2.02. The molecule has 1 atom stereocenters. The van der Waals surface area contributed by atoms with Gasteiger partial charge in [-0.05, 0) is 43.9 Å². The van der Waals surface area contributed by atoms with Crippen LogP contribution in [0.3, 0.4) is 0 Å². The summed E-state index contributed by atoms with van der Waals surface area (Å²) < 4.78 is 10.7. The molecular weight excluding hydrogens is 370 g/mol. The van der Waals surface area contributed by atoms with Crippen molar-refractivity contribution in [1.82, 2.24) is 5.32 Å². The van der Waals surface area contributed by atoms with E-state index in [-0.39, 0.29) is 19.6 Å².